The van der Waals surface area contributed by atoms with Gasteiger partial charge in [0.2, 0.25) is 5.91 Å². The molecule has 1 N–H and O–H groups in total. The highest BCUT2D eigenvalue weighted by molar-refractivity contribution is 5.82. The Balaban J connectivity index is 2.10. The number of ether oxygens (including phenoxy) is 1. The van der Waals surface area contributed by atoms with E-state index in [4.69, 9.17) is 4.74 Å². The number of rotatable bonds is 2. The molecule has 2 aliphatic rings. The van der Waals surface area contributed by atoms with Gasteiger partial charge in [-0.15, -0.1) is 0 Å². The van der Waals surface area contributed by atoms with Gasteiger partial charge in [-0.1, -0.05) is 20.8 Å². The molecular weight excluding hydrogens is 204 g/mol. The second-order valence-electron chi connectivity index (χ2n) is 5.79. The molecule has 92 valence electrons. The van der Waals surface area contributed by atoms with Crippen molar-refractivity contribution in [2.75, 3.05) is 26.3 Å². The summed E-state index contributed by atoms with van der Waals surface area (Å²) in [5.74, 6) is 0.259. The summed E-state index contributed by atoms with van der Waals surface area (Å²) in [5.41, 5.74) is -0.293. The number of carbonyl (C=O) groups excluding carboxylic acids is 1. The van der Waals surface area contributed by atoms with Crippen LogP contribution in [-0.4, -0.2) is 49.2 Å². The van der Waals surface area contributed by atoms with E-state index in [1.54, 1.807) is 0 Å². The van der Waals surface area contributed by atoms with E-state index >= 15 is 0 Å². The van der Waals surface area contributed by atoms with E-state index in [1.165, 1.54) is 0 Å². The summed E-state index contributed by atoms with van der Waals surface area (Å²) in [4.78, 5) is 14.5. The van der Waals surface area contributed by atoms with Crippen molar-refractivity contribution in [1.82, 2.24) is 10.2 Å². The molecule has 0 radical (unpaired) electrons. The maximum Gasteiger partial charge on any atom is 0.228 e. The molecule has 2 aliphatic heterocycles. The van der Waals surface area contributed by atoms with E-state index in [1.807, 2.05) is 20.8 Å². The number of nitrogens with one attached hydrogen (secondary N) is 1. The maximum atomic E-state index is 12.4. The van der Waals surface area contributed by atoms with Gasteiger partial charge in [-0.05, 0) is 6.42 Å². The Morgan fingerprint density at radius 3 is 2.38 bits per heavy atom. The molecule has 0 aromatic carbocycles. The third-order valence-electron chi connectivity index (χ3n) is 3.33. The zero-order valence-electron chi connectivity index (χ0n) is 10.5. The molecule has 16 heavy (non-hydrogen) atoms. The molecule has 1 unspecified atom stereocenters. The van der Waals surface area contributed by atoms with Gasteiger partial charge in [0.25, 0.3) is 0 Å². The van der Waals surface area contributed by atoms with Crippen molar-refractivity contribution in [3.05, 3.63) is 0 Å². The molecule has 2 fully saturated rings. The lowest BCUT2D eigenvalue weighted by molar-refractivity contribution is -0.146. The molecule has 0 aromatic rings. The first-order chi connectivity index (χ1) is 7.50. The van der Waals surface area contributed by atoms with Crippen molar-refractivity contribution in [3.8, 4) is 0 Å². The zero-order valence-corrected chi connectivity index (χ0v) is 10.5. The fraction of sp³-hybridized carbons (Fsp3) is 0.917. The first-order valence-corrected chi connectivity index (χ1v) is 6.11. The van der Waals surface area contributed by atoms with Crippen molar-refractivity contribution in [1.29, 1.82) is 0 Å². The van der Waals surface area contributed by atoms with Gasteiger partial charge in [-0.25, -0.2) is 0 Å². The molecule has 2 rings (SSSR count). The third-order valence-corrected chi connectivity index (χ3v) is 3.33. The maximum absolute atomic E-state index is 12.4. The Hall–Kier alpha value is -0.610. The number of amides is 1. The van der Waals surface area contributed by atoms with E-state index in [-0.39, 0.29) is 11.3 Å². The summed E-state index contributed by atoms with van der Waals surface area (Å²) in [6, 6.07) is 0.664. The number of carbonyl (C=O) groups is 1. The standard InChI is InChI=1S/C12H22N2O2/c1-12(2,3)11(15)14(10-6-13-7-10)9-4-5-16-8-9/h9-10,13H,4-8H2,1-3H3. The van der Waals surface area contributed by atoms with Crippen LogP contribution in [0.5, 0.6) is 0 Å². The summed E-state index contributed by atoms with van der Waals surface area (Å²) in [7, 11) is 0. The molecule has 0 aliphatic carbocycles. The van der Waals surface area contributed by atoms with Crippen LogP contribution < -0.4 is 5.32 Å². The van der Waals surface area contributed by atoms with E-state index in [2.05, 4.69) is 10.2 Å². The number of hydrogen-bond acceptors (Lipinski definition) is 3. The van der Waals surface area contributed by atoms with Gasteiger partial charge in [0, 0.05) is 25.1 Å². The largest absolute Gasteiger partial charge is 0.379 e. The lowest BCUT2D eigenvalue weighted by Gasteiger charge is -2.44. The number of hydrogen-bond donors (Lipinski definition) is 1. The van der Waals surface area contributed by atoms with Gasteiger partial charge in [0.15, 0.2) is 0 Å². The molecule has 0 spiro atoms. The fourth-order valence-corrected chi connectivity index (χ4v) is 2.23. The highest BCUT2D eigenvalue weighted by Crippen LogP contribution is 2.25. The van der Waals surface area contributed by atoms with Crippen LogP contribution in [-0.2, 0) is 9.53 Å². The van der Waals surface area contributed by atoms with Crippen molar-refractivity contribution < 1.29 is 9.53 Å². The molecule has 2 saturated heterocycles. The van der Waals surface area contributed by atoms with Gasteiger partial charge in [-0.2, -0.15) is 0 Å². The third kappa shape index (κ3) is 2.23. The van der Waals surface area contributed by atoms with Crippen LogP contribution in [0.4, 0.5) is 0 Å². The van der Waals surface area contributed by atoms with E-state index in [0.29, 0.717) is 18.7 Å². The van der Waals surface area contributed by atoms with Crippen molar-refractivity contribution in [2.45, 2.75) is 39.3 Å². The van der Waals surface area contributed by atoms with Crippen LogP contribution in [0.25, 0.3) is 0 Å². The van der Waals surface area contributed by atoms with Crippen LogP contribution in [0.15, 0.2) is 0 Å². The number of nitrogens with zero attached hydrogens (tertiary/aromatic N) is 1. The SMILES string of the molecule is CC(C)(C)C(=O)N(C1CNC1)C1CCOC1. The predicted octanol–water partition coefficient (Wildman–Crippen LogP) is 0.622. The summed E-state index contributed by atoms with van der Waals surface area (Å²) >= 11 is 0. The van der Waals surface area contributed by atoms with Gasteiger partial charge in [-0.3, -0.25) is 4.79 Å². The molecule has 0 aromatic heterocycles. The molecule has 4 heteroatoms. The average Bonchev–Trinajstić information content (AvgIpc) is 2.60. The Labute approximate surface area is 97.3 Å². The molecule has 2 heterocycles. The Morgan fingerprint density at radius 2 is 2.00 bits per heavy atom. The Bertz CT molecular complexity index is 263. The van der Waals surface area contributed by atoms with Crippen LogP contribution in [0.1, 0.15) is 27.2 Å². The monoisotopic (exact) mass is 226 g/mol. The molecule has 4 nitrogen and oxygen atoms in total. The summed E-state index contributed by atoms with van der Waals surface area (Å²) in [5, 5.41) is 3.24. The van der Waals surface area contributed by atoms with Gasteiger partial charge in [0.05, 0.1) is 18.7 Å². The molecule has 1 atom stereocenters. The van der Waals surface area contributed by atoms with Crippen molar-refractivity contribution in [2.24, 2.45) is 5.41 Å². The highest BCUT2D eigenvalue weighted by Gasteiger charge is 2.39. The minimum atomic E-state index is -0.293. The molecular formula is C12H22N2O2. The second kappa shape index (κ2) is 4.34. The topological polar surface area (TPSA) is 41.6 Å². The quantitative estimate of drug-likeness (QED) is 0.750. The van der Waals surface area contributed by atoms with E-state index in [9.17, 15) is 4.79 Å². The Morgan fingerprint density at radius 1 is 1.31 bits per heavy atom. The lowest BCUT2D eigenvalue weighted by atomic mass is 9.91. The molecule has 0 bridgehead atoms. The van der Waals surface area contributed by atoms with E-state index < -0.39 is 0 Å². The first-order valence-electron chi connectivity index (χ1n) is 6.11. The van der Waals surface area contributed by atoms with Gasteiger partial charge in [0.1, 0.15) is 0 Å². The lowest BCUT2D eigenvalue weighted by Crippen LogP contribution is -2.63. The van der Waals surface area contributed by atoms with Crippen LogP contribution >= 0.6 is 0 Å². The summed E-state index contributed by atoms with van der Waals surface area (Å²) < 4.78 is 5.41. The molecule has 0 saturated carbocycles. The van der Waals surface area contributed by atoms with Crippen LogP contribution in [0.2, 0.25) is 0 Å². The smallest absolute Gasteiger partial charge is 0.228 e. The minimum Gasteiger partial charge on any atom is -0.379 e. The normalized spacial score (nSPS) is 26.6. The molecule has 1 amide bonds. The minimum absolute atomic E-state index is 0.259. The summed E-state index contributed by atoms with van der Waals surface area (Å²) in [6.45, 7) is 9.33. The van der Waals surface area contributed by atoms with Crippen molar-refractivity contribution >= 4 is 5.91 Å². The van der Waals surface area contributed by atoms with Crippen molar-refractivity contribution in [3.63, 3.8) is 0 Å². The van der Waals surface area contributed by atoms with Crippen LogP contribution in [0, 0.1) is 5.41 Å². The van der Waals surface area contributed by atoms with Crippen LogP contribution in [0.3, 0.4) is 0 Å². The predicted molar refractivity (Wildman–Crippen MR) is 62.2 cm³/mol. The van der Waals surface area contributed by atoms with Gasteiger partial charge < -0.3 is 15.0 Å². The average molecular weight is 226 g/mol. The van der Waals surface area contributed by atoms with Gasteiger partial charge >= 0.3 is 0 Å². The Kier molecular flexibility index (Phi) is 3.22. The van der Waals surface area contributed by atoms with E-state index in [0.717, 1.165) is 26.1 Å². The second-order valence-corrected chi connectivity index (χ2v) is 5.79. The highest BCUT2D eigenvalue weighted by atomic mass is 16.5. The zero-order chi connectivity index (χ0) is 11.8. The first kappa shape index (κ1) is 11.9. The fourth-order valence-electron chi connectivity index (χ4n) is 2.23. The summed E-state index contributed by atoms with van der Waals surface area (Å²) in [6.07, 6.45) is 0.984.